The lowest BCUT2D eigenvalue weighted by molar-refractivity contribution is -0.137. The van der Waals surface area contributed by atoms with Gasteiger partial charge < -0.3 is 10.0 Å². The first-order valence-electron chi connectivity index (χ1n) is 6.11. The first-order valence-corrected chi connectivity index (χ1v) is 9.15. The molecule has 6 nitrogen and oxygen atoms in total. The van der Waals surface area contributed by atoms with E-state index in [1.54, 1.807) is 22.7 Å². The highest BCUT2D eigenvalue weighted by molar-refractivity contribution is 7.99. The molecule has 0 bridgehead atoms. The summed E-state index contributed by atoms with van der Waals surface area (Å²) in [5.74, 6) is 0.961. The molecular weight excluding hydrogens is 300 g/mol. The number of hydrogen-bond donors (Lipinski definition) is 1. The number of hydrogen-bond acceptors (Lipinski definition) is 6. The number of sulfone groups is 1. The smallest absolute Gasteiger partial charge is 0.305 e. The van der Waals surface area contributed by atoms with Gasteiger partial charge in [0.2, 0.25) is 0 Å². The van der Waals surface area contributed by atoms with E-state index in [9.17, 15) is 13.2 Å². The van der Waals surface area contributed by atoms with Crippen LogP contribution in [0, 0.1) is 0 Å². The number of aromatic nitrogens is 1. The van der Waals surface area contributed by atoms with Gasteiger partial charge in [-0.1, -0.05) is 0 Å². The van der Waals surface area contributed by atoms with Crippen LogP contribution in [-0.4, -0.2) is 54.8 Å². The van der Waals surface area contributed by atoms with Crippen molar-refractivity contribution in [2.75, 3.05) is 29.2 Å². The molecule has 0 aromatic carbocycles. The van der Waals surface area contributed by atoms with E-state index < -0.39 is 15.8 Å². The Bertz CT molecular complexity index is 603. The third kappa shape index (κ3) is 3.43. The van der Waals surface area contributed by atoms with Gasteiger partial charge in [0.15, 0.2) is 9.84 Å². The molecule has 0 radical (unpaired) electrons. The molecule has 1 aliphatic heterocycles. The van der Waals surface area contributed by atoms with Crippen molar-refractivity contribution < 1.29 is 18.3 Å². The Kier molecular flexibility index (Phi) is 4.54. The van der Waals surface area contributed by atoms with Gasteiger partial charge in [-0.2, -0.15) is 11.8 Å². The Balaban J connectivity index is 2.40. The van der Waals surface area contributed by atoms with Gasteiger partial charge >= 0.3 is 5.97 Å². The summed E-state index contributed by atoms with van der Waals surface area (Å²) in [5.41, 5.74) is 0. The highest BCUT2D eigenvalue weighted by Gasteiger charge is 2.29. The normalized spacial score (nSPS) is 19.9. The molecule has 2 heterocycles. The molecule has 8 heteroatoms. The SMILES string of the molecule is CS(=O)(=O)c1cccnc1N1CCSCC1CC(=O)O. The summed E-state index contributed by atoms with van der Waals surface area (Å²) >= 11 is 1.67. The van der Waals surface area contributed by atoms with E-state index in [0.717, 1.165) is 12.0 Å². The first-order chi connectivity index (χ1) is 9.39. The predicted molar refractivity (Wildman–Crippen MR) is 78.1 cm³/mol. The van der Waals surface area contributed by atoms with E-state index in [0.29, 0.717) is 18.1 Å². The largest absolute Gasteiger partial charge is 0.481 e. The second-order valence-corrected chi connectivity index (χ2v) is 7.75. The number of aliphatic carboxylic acids is 1. The van der Waals surface area contributed by atoms with Crippen molar-refractivity contribution in [1.29, 1.82) is 0 Å². The van der Waals surface area contributed by atoms with E-state index in [2.05, 4.69) is 4.98 Å². The zero-order chi connectivity index (χ0) is 14.8. The van der Waals surface area contributed by atoms with Crippen LogP contribution in [0.2, 0.25) is 0 Å². The number of thioether (sulfide) groups is 1. The van der Waals surface area contributed by atoms with Gasteiger partial charge in [-0.05, 0) is 12.1 Å². The summed E-state index contributed by atoms with van der Waals surface area (Å²) in [6.07, 6.45) is 2.65. The summed E-state index contributed by atoms with van der Waals surface area (Å²) in [5, 5.41) is 8.98. The summed E-state index contributed by atoms with van der Waals surface area (Å²) in [7, 11) is -3.39. The van der Waals surface area contributed by atoms with Gasteiger partial charge in [-0.3, -0.25) is 4.79 Å². The second-order valence-electron chi connectivity index (χ2n) is 4.62. The number of anilines is 1. The Morgan fingerprint density at radius 3 is 3.00 bits per heavy atom. The molecule has 1 fully saturated rings. The van der Waals surface area contributed by atoms with Crippen LogP contribution in [0.4, 0.5) is 5.82 Å². The summed E-state index contributed by atoms with van der Waals surface area (Å²) < 4.78 is 23.7. The van der Waals surface area contributed by atoms with Gasteiger partial charge in [-0.15, -0.1) is 0 Å². The molecule has 0 spiro atoms. The molecule has 0 aliphatic carbocycles. The molecule has 1 N–H and O–H groups in total. The molecule has 1 saturated heterocycles. The molecule has 1 unspecified atom stereocenters. The minimum atomic E-state index is -3.39. The zero-order valence-electron chi connectivity index (χ0n) is 11.0. The van der Waals surface area contributed by atoms with Gasteiger partial charge in [-0.25, -0.2) is 13.4 Å². The van der Waals surface area contributed by atoms with Crippen LogP contribution in [0.3, 0.4) is 0 Å². The number of carboxylic acids is 1. The van der Waals surface area contributed by atoms with Crippen molar-refractivity contribution in [3.05, 3.63) is 18.3 Å². The van der Waals surface area contributed by atoms with Crippen molar-refractivity contribution in [2.24, 2.45) is 0 Å². The lowest BCUT2D eigenvalue weighted by atomic mass is 10.2. The number of pyridine rings is 1. The zero-order valence-corrected chi connectivity index (χ0v) is 12.7. The fraction of sp³-hybridized carbons (Fsp3) is 0.500. The summed E-state index contributed by atoms with van der Waals surface area (Å²) in [6.45, 7) is 0.599. The van der Waals surface area contributed by atoms with Crippen LogP contribution in [0.25, 0.3) is 0 Å². The molecule has 1 aromatic rings. The minimum absolute atomic E-state index is 0.0211. The van der Waals surface area contributed by atoms with Crippen molar-refractivity contribution in [2.45, 2.75) is 17.4 Å². The number of nitrogens with zero attached hydrogens (tertiary/aromatic N) is 2. The number of carboxylic acid groups (broad SMARTS) is 1. The Morgan fingerprint density at radius 1 is 1.60 bits per heavy atom. The van der Waals surface area contributed by atoms with E-state index in [-0.39, 0.29) is 17.4 Å². The highest BCUT2D eigenvalue weighted by Crippen LogP contribution is 2.29. The molecule has 20 heavy (non-hydrogen) atoms. The van der Waals surface area contributed by atoms with Crippen LogP contribution < -0.4 is 4.90 Å². The molecular formula is C12H16N2O4S2. The van der Waals surface area contributed by atoms with Crippen molar-refractivity contribution in [3.63, 3.8) is 0 Å². The van der Waals surface area contributed by atoms with Gasteiger partial charge in [0.25, 0.3) is 0 Å². The Labute approximate surface area is 122 Å². The van der Waals surface area contributed by atoms with Gasteiger partial charge in [0.05, 0.1) is 6.42 Å². The maximum atomic E-state index is 11.8. The maximum Gasteiger partial charge on any atom is 0.305 e. The molecule has 0 saturated carbocycles. The molecule has 2 rings (SSSR count). The first kappa shape index (κ1) is 15.1. The fourth-order valence-corrected chi connectivity index (χ4v) is 4.08. The Hall–Kier alpha value is -1.28. The predicted octanol–water partition coefficient (Wildman–Crippen LogP) is 0.882. The summed E-state index contributed by atoms with van der Waals surface area (Å²) in [6, 6.07) is 2.85. The molecule has 1 aliphatic rings. The van der Waals surface area contributed by atoms with Crippen LogP contribution in [0.5, 0.6) is 0 Å². The van der Waals surface area contributed by atoms with Gasteiger partial charge in [0.1, 0.15) is 10.7 Å². The van der Waals surface area contributed by atoms with Crippen molar-refractivity contribution in [1.82, 2.24) is 4.98 Å². The number of carbonyl (C=O) groups is 1. The van der Waals surface area contributed by atoms with Gasteiger partial charge in [0, 0.05) is 36.5 Å². The number of rotatable bonds is 4. The van der Waals surface area contributed by atoms with E-state index in [1.165, 1.54) is 12.3 Å². The maximum absolute atomic E-state index is 11.8. The average molecular weight is 316 g/mol. The molecule has 0 amide bonds. The fourth-order valence-electron chi connectivity index (χ4n) is 2.19. The van der Waals surface area contributed by atoms with Crippen molar-refractivity contribution in [3.8, 4) is 0 Å². The van der Waals surface area contributed by atoms with Crippen LogP contribution >= 0.6 is 11.8 Å². The lowest BCUT2D eigenvalue weighted by Gasteiger charge is -2.36. The summed E-state index contributed by atoms with van der Waals surface area (Å²) in [4.78, 5) is 17.1. The quantitative estimate of drug-likeness (QED) is 0.882. The third-order valence-corrected chi connectivity index (χ3v) is 5.27. The van der Waals surface area contributed by atoms with Crippen LogP contribution in [0.1, 0.15) is 6.42 Å². The van der Waals surface area contributed by atoms with Crippen LogP contribution in [-0.2, 0) is 14.6 Å². The van der Waals surface area contributed by atoms with Crippen molar-refractivity contribution >= 4 is 33.4 Å². The molecule has 1 atom stereocenters. The van der Waals surface area contributed by atoms with E-state index in [4.69, 9.17) is 5.11 Å². The third-order valence-electron chi connectivity index (χ3n) is 3.06. The highest BCUT2D eigenvalue weighted by atomic mass is 32.2. The van der Waals surface area contributed by atoms with Crippen LogP contribution in [0.15, 0.2) is 23.2 Å². The van der Waals surface area contributed by atoms with E-state index >= 15 is 0 Å². The lowest BCUT2D eigenvalue weighted by Crippen LogP contribution is -2.44. The average Bonchev–Trinajstić information content (AvgIpc) is 2.38. The molecule has 1 aromatic heterocycles. The second kappa shape index (κ2) is 6.01. The monoisotopic (exact) mass is 316 g/mol. The molecule has 110 valence electrons. The topological polar surface area (TPSA) is 87.6 Å². The van der Waals surface area contributed by atoms with E-state index in [1.807, 2.05) is 0 Å². The standard InChI is InChI=1S/C12H16N2O4S2/c1-20(17,18)10-3-2-4-13-12(10)14-5-6-19-8-9(14)7-11(15)16/h2-4,9H,5-8H2,1H3,(H,15,16). The Morgan fingerprint density at radius 2 is 2.35 bits per heavy atom. The minimum Gasteiger partial charge on any atom is -0.481 e.